The van der Waals surface area contributed by atoms with E-state index in [9.17, 15) is 9.59 Å². The average Bonchev–Trinajstić information content (AvgIpc) is 3.18. The van der Waals surface area contributed by atoms with Gasteiger partial charge in [-0.15, -0.1) is 11.8 Å². The molecule has 0 radical (unpaired) electrons. The Morgan fingerprint density at radius 1 is 1.11 bits per heavy atom. The highest BCUT2D eigenvalue weighted by Crippen LogP contribution is 2.40. The Bertz CT molecular complexity index is 666. The number of thioether (sulfide) groups is 1. The van der Waals surface area contributed by atoms with E-state index in [0.717, 1.165) is 18.5 Å². The molecule has 1 amide bonds. The van der Waals surface area contributed by atoms with Gasteiger partial charge in [0.1, 0.15) is 0 Å². The predicted molar refractivity (Wildman–Crippen MR) is 104 cm³/mol. The van der Waals surface area contributed by atoms with Gasteiger partial charge in [-0.3, -0.25) is 9.59 Å². The minimum Gasteiger partial charge on any atom is -0.493 e. The van der Waals surface area contributed by atoms with Gasteiger partial charge in [0.25, 0.3) is 0 Å². The number of carbonyl (C=O) groups excluding carboxylic acids is 2. The molecule has 7 nitrogen and oxygen atoms in total. The number of amides is 1. The fourth-order valence-electron chi connectivity index (χ4n) is 3.10. The lowest BCUT2D eigenvalue weighted by Crippen LogP contribution is -2.29. The van der Waals surface area contributed by atoms with E-state index in [2.05, 4.69) is 4.74 Å². The van der Waals surface area contributed by atoms with Crippen molar-refractivity contribution in [2.75, 3.05) is 47.3 Å². The van der Waals surface area contributed by atoms with E-state index in [4.69, 9.17) is 14.2 Å². The van der Waals surface area contributed by atoms with Crippen LogP contribution >= 0.6 is 11.8 Å². The molecule has 8 heteroatoms. The number of likely N-dealkylation sites (tertiary alicyclic amines) is 1. The molecule has 1 fully saturated rings. The summed E-state index contributed by atoms with van der Waals surface area (Å²) in [5.41, 5.74) is 0.902. The molecule has 1 atom stereocenters. The van der Waals surface area contributed by atoms with Gasteiger partial charge in [0.15, 0.2) is 11.5 Å². The Labute approximate surface area is 164 Å². The van der Waals surface area contributed by atoms with E-state index < -0.39 is 0 Å². The minimum atomic E-state index is -0.231. The summed E-state index contributed by atoms with van der Waals surface area (Å²) in [5, 5.41) is 0.281. The van der Waals surface area contributed by atoms with E-state index >= 15 is 0 Å². The molecule has 0 saturated carbocycles. The first kappa shape index (κ1) is 21.2. The number of rotatable bonds is 9. The van der Waals surface area contributed by atoms with Crippen LogP contribution in [0.5, 0.6) is 17.2 Å². The number of hydrogen-bond donors (Lipinski definition) is 0. The van der Waals surface area contributed by atoms with Gasteiger partial charge >= 0.3 is 5.97 Å². The van der Waals surface area contributed by atoms with E-state index in [1.54, 1.807) is 33.1 Å². The zero-order chi connectivity index (χ0) is 19.8. The summed E-state index contributed by atoms with van der Waals surface area (Å²) in [6.07, 6.45) is 1.84. The molecule has 1 heterocycles. The average molecular weight is 397 g/mol. The summed E-state index contributed by atoms with van der Waals surface area (Å²) in [6, 6.07) is 3.71. The van der Waals surface area contributed by atoms with Gasteiger partial charge in [-0.2, -0.15) is 0 Å². The number of aryl methyl sites for hydroxylation is 1. The Balaban J connectivity index is 1.91. The lowest BCUT2D eigenvalue weighted by Gasteiger charge is -2.18. The van der Waals surface area contributed by atoms with Crippen LogP contribution in [-0.4, -0.2) is 69.3 Å². The van der Waals surface area contributed by atoms with Crippen LogP contribution in [0.2, 0.25) is 0 Å². The molecule has 0 spiro atoms. The summed E-state index contributed by atoms with van der Waals surface area (Å²) < 4.78 is 20.8. The van der Waals surface area contributed by atoms with E-state index in [1.807, 2.05) is 17.0 Å². The highest BCUT2D eigenvalue weighted by atomic mass is 32.2. The minimum absolute atomic E-state index is 0.105. The molecule has 2 rings (SSSR count). The third kappa shape index (κ3) is 5.45. The van der Waals surface area contributed by atoms with Crippen molar-refractivity contribution in [2.45, 2.75) is 24.5 Å². The van der Waals surface area contributed by atoms with Gasteiger partial charge in [0.2, 0.25) is 11.7 Å². The Kier molecular flexibility index (Phi) is 8.09. The highest BCUT2D eigenvalue weighted by molar-refractivity contribution is 8.00. The maximum Gasteiger partial charge on any atom is 0.315 e. The molecule has 0 N–H and O–H groups in total. The lowest BCUT2D eigenvalue weighted by molar-refractivity contribution is -0.137. The third-order valence-electron chi connectivity index (χ3n) is 4.56. The van der Waals surface area contributed by atoms with Crippen molar-refractivity contribution < 1.29 is 28.5 Å². The number of carbonyl (C=O) groups is 2. The van der Waals surface area contributed by atoms with Gasteiger partial charge in [-0.25, -0.2) is 0 Å². The Morgan fingerprint density at radius 2 is 1.85 bits per heavy atom. The monoisotopic (exact) mass is 397 g/mol. The van der Waals surface area contributed by atoms with Gasteiger partial charge in [-0.05, 0) is 24.5 Å². The molecule has 1 aromatic carbocycles. The predicted octanol–water partition coefficient (Wildman–Crippen LogP) is 2.15. The summed E-state index contributed by atoms with van der Waals surface area (Å²) in [7, 11) is 6.09. The van der Waals surface area contributed by atoms with Crippen LogP contribution in [0.1, 0.15) is 18.4 Å². The Morgan fingerprint density at radius 3 is 2.48 bits per heavy atom. The fourth-order valence-corrected chi connectivity index (χ4v) is 4.14. The van der Waals surface area contributed by atoms with Crippen LogP contribution < -0.4 is 14.2 Å². The van der Waals surface area contributed by atoms with Gasteiger partial charge in [0.05, 0.1) is 34.2 Å². The smallest absolute Gasteiger partial charge is 0.315 e. The summed E-state index contributed by atoms with van der Waals surface area (Å²) in [4.78, 5) is 25.7. The Hall–Kier alpha value is -2.09. The molecule has 0 bridgehead atoms. The molecule has 1 aliphatic heterocycles. The number of methoxy groups -OCH3 is 4. The van der Waals surface area contributed by atoms with E-state index in [-0.39, 0.29) is 17.1 Å². The summed E-state index contributed by atoms with van der Waals surface area (Å²) in [5.74, 6) is 1.92. The number of hydrogen-bond acceptors (Lipinski definition) is 7. The van der Waals surface area contributed by atoms with Crippen molar-refractivity contribution in [3.8, 4) is 17.2 Å². The highest BCUT2D eigenvalue weighted by Gasteiger charge is 2.27. The van der Waals surface area contributed by atoms with Crippen LogP contribution in [0, 0.1) is 0 Å². The van der Waals surface area contributed by atoms with Crippen molar-refractivity contribution in [1.29, 1.82) is 0 Å². The van der Waals surface area contributed by atoms with Crippen molar-refractivity contribution in [1.82, 2.24) is 4.90 Å². The van der Waals surface area contributed by atoms with Crippen molar-refractivity contribution in [2.24, 2.45) is 0 Å². The normalized spacial score (nSPS) is 16.1. The van der Waals surface area contributed by atoms with Crippen LogP contribution in [-0.2, 0) is 20.7 Å². The molecule has 150 valence electrons. The molecule has 27 heavy (non-hydrogen) atoms. The molecule has 0 aliphatic carbocycles. The molecule has 0 aromatic heterocycles. The lowest BCUT2D eigenvalue weighted by atomic mass is 10.1. The first-order valence-electron chi connectivity index (χ1n) is 8.78. The van der Waals surface area contributed by atoms with E-state index in [1.165, 1.54) is 7.11 Å². The number of esters is 1. The van der Waals surface area contributed by atoms with Crippen LogP contribution in [0.15, 0.2) is 12.1 Å². The number of nitrogens with zero attached hydrogens (tertiary/aromatic N) is 1. The van der Waals surface area contributed by atoms with Crippen molar-refractivity contribution in [3.63, 3.8) is 0 Å². The first-order valence-corrected chi connectivity index (χ1v) is 9.82. The maximum atomic E-state index is 12.6. The number of benzene rings is 1. The second kappa shape index (κ2) is 10.3. The molecular formula is C19H27NO6S. The van der Waals surface area contributed by atoms with Crippen molar-refractivity contribution >= 4 is 23.6 Å². The maximum absolute atomic E-state index is 12.6. The largest absolute Gasteiger partial charge is 0.493 e. The van der Waals surface area contributed by atoms with Crippen LogP contribution in [0.3, 0.4) is 0 Å². The topological polar surface area (TPSA) is 74.3 Å². The summed E-state index contributed by atoms with van der Waals surface area (Å²) in [6.45, 7) is 1.39. The van der Waals surface area contributed by atoms with E-state index in [0.29, 0.717) is 42.4 Å². The zero-order valence-corrected chi connectivity index (χ0v) is 17.1. The van der Waals surface area contributed by atoms with Crippen LogP contribution in [0.25, 0.3) is 0 Å². The molecule has 1 aliphatic rings. The van der Waals surface area contributed by atoms with Crippen molar-refractivity contribution in [3.05, 3.63) is 17.7 Å². The zero-order valence-electron chi connectivity index (χ0n) is 16.3. The standard InChI is InChI=1S/C19H27NO6S/c1-23-15-7-5-13(18(25-3)19(15)26-4)6-8-16(21)20-10-9-14(11-20)27-12-17(22)24-2/h5,7,14H,6,8-12H2,1-4H3/t14-/m1/s1. The first-order chi connectivity index (χ1) is 13.0. The summed E-state index contributed by atoms with van der Waals surface area (Å²) >= 11 is 1.55. The SMILES string of the molecule is COC(=O)CS[C@@H]1CCN(C(=O)CCc2ccc(OC)c(OC)c2OC)C1. The second-order valence-electron chi connectivity index (χ2n) is 6.13. The third-order valence-corrected chi connectivity index (χ3v) is 5.81. The fraction of sp³-hybridized carbons (Fsp3) is 0.579. The molecular weight excluding hydrogens is 370 g/mol. The molecule has 1 saturated heterocycles. The molecule has 1 aromatic rings. The second-order valence-corrected chi connectivity index (χ2v) is 7.42. The van der Waals surface area contributed by atoms with Gasteiger partial charge in [0, 0.05) is 24.8 Å². The molecule has 0 unspecified atom stereocenters. The quantitative estimate of drug-likeness (QED) is 0.591. The number of ether oxygens (including phenoxy) is 4. The van der Waals surface area contributed by atoms with Gasteiger partial charge in [-0.1, -0.05) is 6.07 Å². The van der Waals surface area contributed by atoms with Gasteiger partial charge < -0.3 is 23.8 Å². The van der Waals surface area contributed by atoms with Crippen LogP contribution in [0.4, 0.5) is 0 Å².